The van der Waals surface area contributed by atoms with E-state index in [0.717, 1.165) is 23.8 Å². The maximum atomic E-state index is 13.8. The van der Waals surface area contributed by atoms with Gasteiger partial charge in [-0.1, -0.05) is 13.0 Å². The Balaban J connectivity index is 2.12. The zero-order valence-corrected chi connectivity index (χ0v) is 11.3. The van der Waals surface area contributed by atoms with Crippen molar-refractivity contribution in [3.05, 3.63) is 29.8 Å². The van der Waals surface area contributed by atoms with Crippen LogP contribution in [0.15, 0.2) is 18.2 Å². The van der Waals surface area contributed by atoms with Gasteiger partial charge in [-0.3, -0.25) is 0 Å². The summed E-state index contributed by atoms with van der Waals surface area (Å²) in [6, 6.07) is 5.10. The first kappa shape index (κ1) is 12.0. The fourth-order valence-electron chi connectivity index (χ4n) is 2.51. The Morgan fingerprint density at radius 3 is 2.89 bits per heavy atom. The molecule has 2 aromatic rings. The first-order chi connectivity index (χ1) is 8.58. The van der Waals surface area contributed by atoms with Crippen LogP contribution in [-0.4, -0.2) is 9.55 Å². The molecule has 3 atom stereocenters. The second-order valence-corrected chi connectivity index (χ2v) is 5.93. The molecule has 1 aromatic carbocycles. The number of alkyl halides is 1. The summed E-state index contributed by atoms with van der Waals surface area (Å²) < 4.78 is 15.8. The summed E-state index contributed by atoms with van der Waals surface area (Å²) in [5.41, 5.74) is 1.30. The molecule has 2 nitrogen and oxygen atoms in total. The van der Waals surface area contributed by atoms with Crippen molar-refractivity contribution in [1.82, 2.24) is 9.55 Å². The van der Waals surface area contributed by atoms with Crippen molar-refractivity contribution in [2.45, 2.75) is 32.2 Å². The molecule has 0 saturated heterocycles. The Morgan fingerprint density at radius 1 is 1.56 bits per heavy atom. The van der Waals surface area contributed by atoms with Gasteiger partial charge in [0.05, 0.1) is 10.9 Å². The van der Waals surface area contributed by atoms with Gasteiger partial charge in [-0.15, -0.1) is 11.6 Å². The van der Waals surface area contributed by atoms with Gasteiger partial charge in [-0.2, -0.15) is 0 Å². The van der Waals surface area contributed by atoms with Crippen LogP contribution in [-0.2, 0) is 6.54 Å². The lowest BCUT2D eigenvalue weighted by Crippen LogP contribution is -2.06. The van der Waals surface area contributed by atoms with E-state index in [-0.39, 0.29) is 11.2 Å². The monoisotopic (exact) mass is 266 g/mol. The lowest BCUT2D eigenvalue weighted by molar-refractivity contribution is 0.582. The lowest BCUT2D eigenvalue weighted by Gasteiger charge is -2.09. The molecule has 1 aliphatic rings. The molecule has 3 unspecified atom stereocenters. The zero-order valence-electron chi connectivity index (χ0n) is 10.5. The summed E-state index contributed by atoms with van der Waals surface area (Å²) in [5, 5.41) is -0.203. The number of para-hydroxylation sites is 1. The van der Waals surface area contributed by atoms with E-state index in [9.17, 15) is 4.39 Å². The molecule has 1 aliphatic carbocycles. The van der Waals surface area contributed by atoms with Gasteiger partial charge in [0.1, 0.15) is 11.3 Å². The number of aromatic nitrogens is 2. The summed E-state index contributed by atoms with van der Waals surface area (Å²) >= 11 is 6.17. The van der Waals surface area contributed by atoms with E-state index in [2.05, 4.69) is 16.5 Å². The number of hydrogen-bond donors (Lipinski definition) is 0. The molecule has 0 radical (unpaired) electrons. The zero-order chi connectivity index (χ0) is 12.9. The third kappa shape index (κ3) is 1.91. The van der Waals surface area contributed by atoms with E-state index in [1.807, 2.05) is 13.0 Å². The van der Waals surface area contributed by atoms with E-state index < -0.39 is 0 Å². The highest BCUT2D eigenvalue weighted by atomic mass is 35.5. The Hall–Kier alpha value is -1.09. The van der Waals surface area contributed by atoms with Gasteiger partial charge in [0.15, 0.2) is 5.82 Å². The maximum Gasteiger partial charge on any atom is 0.151 e. The fraction of sp³-hybridized carbons (Fsp3) is 0.500. The van der Waals surface area contributed by atoms with Crippen molar-refractivity contribution in [3.63, 3.8) is 0 Å². The van der Waals surface area contributed by atoms with Gasteiger partial charge in [0.2, 0.25) is 0 Å². The molecule has 0 aliphatic heterocycles. The minimum absolute atomic E-state index is 0.203. The molecule has 0 N–H and O–H groups in total. The van der Waals surface area contributed by atoms with E-state index in [1.165, 1.54) is 12.5 Å². The van der Waals surface area contributed by atoms with E-state index in [1.54, 1.807) is 6.07 Å². The van der Waals surface area contributed by atoms with Crippen LogP contribution in [0.3, 0.4) is 0 Å². The summed E-state index contributed by atoms with van der Waals surface area (Å²) in [6.07, 6.45) is 1.24. The van der Waals surface area contributed by atoms with E-state index >= 15 is 0 Å². The number of nitrogens with zero attached hydrogens (tertiary/aromatic N) is 2. The third-order valence-corrected chi connectivity index (χ3v) is 4.00. The van der Waals surface area contributed by atoms with E-state index in [4.69, 9.17) is 11.6 Å². The highest BCUT2D eigenvalue weighted by Crippen LogP contribution is 2.40. The maximum absolute atomic E-state index is 13.8. The molecule has 1 fully saturated rings. The standard InChI is InChI=1S/C14H16ClFN2/c1-8-6-10(8)7-18-12-5-3-4-11(16)13(12)17-14(18)9(2)15/h3-5,8-10H,6-7H2,1-2H3. The van der Waals surface area contributed by atoms with Crippen LogP contribution in [0.25, 0.3) is 11.0 Å². The van der Waals surface area contributed by atoms with Crippen LogP contribution in [0.5, 0.6) is 0 Å². The van der Waals surface area contributed by atoms with Crippen molar-refractivity contribution in [2.75, 3.05) is 0 Å². The second-order valence-electron chi connectivity index (χ2n) is 5.28. The molecular formula is C14H16ClFN2. The van der Waals surface area contributed by atoms with Crippen LogP contribution in [0.2, 0.25) is 0 Å². The molecular weight excluding hydrogens is 251 g/mol. The van der Waals surface area contributed by atoms with Gasteiger partial charge < -0.3 is 4.57 Å². The minimum Gasteiger partial charge on any atom is -0.326 e. The number of halogens is 2. The molecule has 1 aromatic heterocycles. The Morgan fingerprint density at radius 2 is 2.28 bits per heavy atom. The topological polar surface area (TPSA) is 17.8 Å². The largest absolute Gasteiger partial charge is 0.326 e. The molecule has 3 rings (SSSR count). The number of rotatable bonds is 3. The first-order valence-corrected chi connectivity index (χ1v) is 6.80. The van der Waals surface area contributed by atoms with Gasteiger partial charge in [-0.25, -0.2) is 9.37 Å². The molecule has 1 heterocycles. The van der Waals surface area contributed by atoms with Crippen LogP contribution in [0.4, 0.5) is 4.39 Å². The number of benzene rings is 1. The fourth-order valence-corrected chi connectivity index (χ4v) is 2.68. The highest BCUT2D eigenvalue weighted by molar-refractivity contribution is 6.20. The molecule has 1 saturated carbocycles. The minimum atomic E-state index is -0.270. The predicted molar refractivity (Wildman–Crippen MR) is 71.2 cm³/mol. The van der Waals surface area contributed by atoms with Crippen LogP contribution in [0, 0.1) is 17.7 Å². The summed E-state index contributed by atoms with van der Waals surface area (Å²) in [6.45, 7) is 5.02. The van der Waals surface area contributed by atoms with Crippen molar-refractivity contribution in [2.24, 2.45) is 11.8 Å². The predicted octanol–water partition coefficient (Wildman–Crippen LogP) is 4.13. The summed E-state index contributed by atoms with van der Waals surface area (Å²) in [4.78, 5) is 4.37. The summed E-state index contributed by atoms with van der Waals surface area (Å²) in [5.74, 6) is 1.94. The third-order valence-electron chi connectivity index (χ3n) is 3.81. The van der Waals surface area contributed by atoms with Crippen molar-refractivity contribution >= 4 is 22.6 Å². The highest BCUT2D eigenvalue weighted by Gasteiger charge is 2.34. The van der Waals surface area contributed by atoms with Gasteiger partial charge in [0.25, 0.3) is 0 Å². The number of fused-ring (bicyclic) bond motifs is 1. The second kappa shape index (κ2) is 4.23. The molecule has 0 bridgehead atoms. The molecule has 0 spiro atoms. The van der Waals surface area contributed by atoms with Crippen molar-refractivity contribution < 1.29 is 4.39 Å². The van der Waals surface area contributed by atoms with Gasteiger partial charge >= 0.3 is 0 Å². The average Bonchev–Trinajstić information content (AvgIpc) is 2.87. The van der Waals surface area contributed by atoms with Crippen LogP contribution < -0.4 is 0 Å². The Bertz CT molecular complexity index is 591. The molecule has 96 valence electrons. The molecule has 0 amide bonds. The normalized spacial score (nSPS) is 24.4. The van der Waals surface area contributed by atoms with E-state index in [0.29, 0.717) is 11.4 Å². The smallest absolute Gasteiger partial charge is 0.151 e. The van der Waals surface area contributed by atoms with Crippen molar-refractivity contribution in [1.29, 1.82) is 0 Å². The lowest BCUT2D eigenvalue weighted by atomic mass is 10.3. The first-order valence-electron chi connectivity index (χ1n) is 6.36. The number of hydrogen-bond acceptors (Lipinski definition) is 1. The quantitative estimate of drug-likeness (QED) is 0.764. The average molecular weight is 267 g/mol. The van der Waals surface area contributed by atoms with Crippen LogP contribution >= 0.6 is 11.6 Å². The number of imidazole rings is 1. The SMILES string of the molecule is CC(Cl)c1nc2c(F)cccc2n1CC1CC1C. The van der Waals surface area contributed by atoms with Gasteiger partial charge in [-0.05, 0) is 37.3 Å². The molecule has 4 heteroatoms. The Kier molecular flexibility index (Phi) is 2.81. The molecule has 18 heavy (non-hydrogen) atoms. The van der Waals surface area contributed by atoms with Crippen molar-refractivity contribution in [3.8, 4) is 0 Å². The Labute approximate surface area is 111 Å². The van der Waals surface area contributed by atoms with Crippen LogP contribution in [0.1, 0.15) is 31.5 Å². The summed E-state index contributed by atoms with van der Waals surface area (Å²) in [7, 11) is 0. The van der Waals surface area contributed by atoms with Gasteiger partial charge in [0, 0.05) is 6.54 Å².